The first-order chi connectivity index (χ1) is 11.1. The topological polar surface area (TPSA) is 42.4 Å². The van der Waals surface area contributed by atoms with Crippen LogP contribution in [0.15, 0.2) is 48.5 Å². The third kappa shape index (κ3) is 3.05. The van der Waals surface area contributed by atoms with Gasteiger partial charge in [-0.25, -0.2) is 4.98 Å². The van der Waals surface area contributed by atoms with Gasteiger partial charge in [0.1, 0.15) is 10.8 Å². The normalized spacial score (nSPS) is 12.1. The quantitative estimate of drug-likeness (QED) is 0.724. The van der Waals surface area contributed by atoms with Crippen LogP contribution in [0.4, 0.5) is 0 Å². The lowest BCUT2D eigenvalue weighted by molar-refractivity contribution is 0.0742. The largest absolute Gasteiger partial charge is 0.497 e. The summed E-state index contributed by atoms with van der Waals surface area (Å²) in [5.41, 5.74) is 1.62. The molecule has 118 valence electrons. The maximum absolute atomic E-state index is 12.6. The zero-order valence-electron chi connectivity index (χ0n) is 13.3. The van der Waals surface area contributed by atoms with Crippen LogP contribution in [0, 0.1) is 0 Å². The second-order valence-corrected chi connectivity index (χ2v) is 6.40. The first kappa shape index (κ1) is 15.5. The van der Waals surface area contributed by atoms with Crippen LogP contribution < -0.4 is 4.74 Å². The smallest absolute Gasteiger partial charge is 0.254 e. The van der Waals surface area contributed by atoms with Crippen LogP contribution in [0.3, 0.4) is 0 Å². The molecule has 1 aromatic heterocycles. The molecule has 0 bridgehead atoms. The van der Waals surface area contributed by atoms with E-state index in [1.54, 1.807) is 47.6 Å². The number of nitrogens with zero attached hydrogens (tertiary/aromatic N) is 2. The lowest BCUT2D eigenvalue weighted by Gasteiger charge is -2.23. The number of para-hydroxylation sites is 1. The van der Waals surface area contributed by atoms with Crippen molar-refractivity contribution >= 4 is 27.5 Å². The van der Waals surface area contributed by atoms with Gasteiger partial charge in [-0.1, -0.05) is 12.1 Å². The second kappa shape index (κ2) is 6.38. The number of carbonyl (C=O) groups excluding carboxylic acids is 1. The van der Waals surface area contributed by atoms with Crippen LogP contribution >= 0.6 is 11.3 Å². The molecule has 0 aliphatic rings. The highest BCUT2D eigenvalue weighted by molar-refractivity contribution is 7.18. The Labute approximate surface area is 139 Å². The minimum atomic E-state index is -0.0815. The van der Waals surface area contributed by atoms with E-state index >= 15 is 0 Å². The predicted molar refractivity (Wildman–Crippen MR) is 93.1 cm³/mol. The lowest BCUT2D eigenvalue weighted by atomic mass is 10.1. The highest BCUT2D eigenvalue weighted by atomic mass is 32.1. The van der Waals surface area contributed by atoms with E-state index in [1.807, 2.05) is 32.2 Å². The standard InChI is InChI=1S/C18H18N2O2S/c1-12(17-19-15-6-4-5-7-16(15)23-17)20(2)18(21)13-8-10-14(22-3)11-9-13/h4-12H,1-3H3/t12-/m1/s1. The van der Waals surface area contributed by atoms with Crippen molar-refractivity contribution in [2.24, 2.45) is 0 Å². The molecular formula is C18H18N2O2S. The van der Waals surface area contributed by atoms with Crippen molar-refractivity contribution in [1.82, 2.24) is 9.88 Å². The summed E-state index contributed by atoms with van der Waals surface area (Å²) in [6, 6.07) is 15.1. The van der Waals surface area contributed by atoms with E-state index in [1.165, 1.54) is 0 Å². The monoisotopic (exact) mass is 326 g/mol. The summed E-state index contributed by atoms with van der Waals surface area (Å²) in [6.07, 6.45) is 0. The molecule has 3 rings (SSSR count). The number of carbonyl (C=O) groups is 1. The molecule has 5 heteroatoms. The summed E-state index contributed by atoms with van der Waals surface area (Å²) >= 11 is 1.63. The maximum Gasteiger partial charge on any atom is 0.254 e. The molecular weight excluding hydrogens is 308 g/mol. The number of aromatic nitrogens is 1. The molecule has 0 N–H and O–H groups in total. The van der Waals surface area contributed by atoms with Crippen molar-refractivity contribution in [3.05, 3.63) is 59.1 Å². The van der Waals surface area contributed by atoms with Crippen molar-refractivity contribution in [3.8, 4) is 5.75 Å². The number of thiazole rings is 1. The Kier molecular flexibility index (Phi) is 4.30. The highest BCUT2D eigenvalue weighted by Gasteiger charge is 2.21. The number of rotatable bonds is 4. The van der Waals surface area contributed by atoms with E-state index in [-0.39, 0.29) is 11.9 Å². The molecule has 23 heavy (non-hydrogen) atoms. The van der Waals surface area contributed by atoms with Gasteiger partial charge in [0, 0.05) is 12.6 Å². The predicted octanol–water partition coefficient (Wildman–Crippen LogP) is 4.14. The van der Waals surface area contributed by atoms with Crippen molar-refractivity contribution in [2.75, 3.05) is 14.2 Å². The molecule has 0 aliphatic carbocycles. The fourth-order valence-corrected chi connectivity index (χ4v) is 3.41. The fraction of sp³-hybridized carbons (Fsp3) is 0.222. The number of ether oxygens (including phenoxy) is 1. The highest BCUT2D eigenvalue weighted by Crippen LogP contribution is 2.29. The summed E-state index contributed by atoms with van der Waals surface area (Å²) in [4.78, 5) is 19.0. The van der Waals surface area contributed by atoms with Crippen LogP contribution in [-0.2, 0) is 0 Å². The Morgan fingerprint density at radius 3 is 2.52 bits per heavy atom. The first-order valence-corrected chi connectivity index (χ1v) is 8.18. The van der Waals surface area contributed by atoms with Crippen molar-refractivity contribution in [2.45, 2.75) is 13.0 Å². The van der Waals surface area contributed by atoms with Crippen molar-refractivity contribution in [1.29, 1.82) is 0 Å². The Hall–Kier alpha value is -2.40. The van der Waals surface area contributed by atoms with Crippen LogP contribution in [0.5, 0.6) is 5.75 Å². The molecule has 0 saturated heterocycles. The molecule has 1 atom stereocenters. The van der Waals surface area contributed by atoms with E-state index in [0.29, 0.717) is 5.56 Å². The molecule has 1 amide bonds. The summed E-state index contributed by atoms with van der Waals surface area (Å²) < 4.78 is 6.27. The number of benzene rings is 2. The Balaban J connectivity index is 1.82. The van der Waals surface area contributed by atoms with Gasteiger partial charge >= 0.3 is 0 Å². The maximum atomic E-state index is 12.6. The van der Waals surface area contributed by atoms with E-state index in [2.05, 4.69) is 11.1 Å². The Morgan fingerprint density at radius 1 is 1.17 bits per heavy atom. The molecule has 0 fully saturated rings. The van der Waals surface area contributed by atoms with Gasteiger partial charge < -0.3 is 9.64 Å². The minimum Gasteiger partial charge on any atom is -0.497 e. The molecule has 4 nitrogen and oxygen atoms in total. The lowest BCUT2D eigenvalue weighted by Crippen LogP contribution is -2.29. The van der Waals surface area contributed by atoms with E-state index < -0.39 is 0 Å². The molecule has 0 radical (unpaired) electrons. The molecule has 0 unspecified atom stereocenters. The third-order valence-corrected chi connectivity index (χ3v) is 5.11. The van der Waals surface area contributed by atoms with Gasteiger partial charge in [0.2, 0.25) is 0 Å². The van der Waals surface area contributed by atoms with E-state index in [0.717, 1.165) is 21.0 Å². The summed E-state index contributed by atoms with van der Waals surface area (Å²) in [5, 5.41) is 0.940. The number of fused-ring (bicyclic) bond motifs is 1. The number of hydrogen-bond acceptors (Lipinski definition) is 4. The zero-order chi connectivity index (χ0) is 16.4. The van der Waals surface area contributed by atoms with Gasteiger partial charge in [-0.05, 0) is 43.3 Å². The first-order valence-electron chi connectivity index (χ1n) is 7.37. The summed E-state index contributed by atoms with van der Waals surface area (Å²) in [7, 11) is 3.42. The molecule has 3 aromatic rings. The number of amides is 1. The van der Waals surface area contributed by atoms with Crippen LogP contribution in [-0.4, -0.2) is 29.9 Å². The fourth-order valence-electron chi connectivity index (χ4n) is 2.35. The van der Waals surface area contributed by atoms with Crippen molar-refractivity contribution in [3.63, 3.8) is 0 Å². The second-order valence-electron chi connectivity index (χ2n) is 5.34. The minimum absolute atomic E-state index is 0.0283. The summed E-state index contributed by atoms with van der Waals surface area (Å²) in [5.74, 6) is 0.711. The van der Waals surface area contributed by atoms with Gasteiger partial charge in [0.05, 0.1) is 23.4 Å². The van der Waals surface area contributed by atoms with E-state index in [4.69, 9.17) is 4.74 Å². The average molecular weight is 326 g/mol. The van der Waals surface area contributed by atoms with Crippen LogP contribution in [0.25, 0.3) is 10.2 Å². The number of methoxy groups -OCH3 is 1. The van der Waals surface area contributed by atoms with Crippen LogP contribution in [0.1, 0.15) is 28.3 Å². The van der Waals surface area contributed by atoms with Crippen molar-refractivity contribution < 1.29 is 9.53 Å². The van der Waals surface area contributed by atoms with Crippen LogP contribution in [0.2, 0.25) is 0 Å². The molecule has 0 saturated carbocycles. The molecule has 1 heterocycles. The third-order valence-electron chi connectivity index (χ3n) is 3.91. The SMILES string of the molecule is COc1ccc(C(=O)N(C)[C@H](C)c2nc3ccccc3s2)cc1. The van der Waals surface area contributed by atoms with E-state index in [9.17, 15) is 4.79 Å². The molecule has 0 spiro atoms. The number of hydrogen-bond donors (Lipinski definition) is 0. The zero-order valence-corrected chi connectivity index (χ0v) is 14.1. The summed E-state index contributed by atoms with van der Waals surface area (Å²) in [6.45, 7) is 2.00. The van der Waals surface area contributed by atoms with Gasteiger partial charge in [-0.15, -0.1) is 11.3 Å². The molecule has 0 aliphatic heterocycles. The van der Waals surface area contributed by atoms with Gasteiger partial charge in [-0.2, -0.15) is 0 Å². The van der Waals surface area contributed by atoms with Gasteiger partial charge in [-0.3, -0.25) is 4.79 Å². The van der Waals surface area contributed by atoms with Gasteiger partial charge in [0.15, 0.2) is 0 Å². The Bertz CT molecular complexity index is 793. The average Bonchev–Trinajstić information content (AvgIpc) is 3.04. The molecule has 2 aromatic carbocycles. The van der Waals surface area contributed by atoms with Gasteiger partial charge in [0.25, 0.3) is 5.91 Å². The Morgan fingerprint density at radius 2 is 1.87 bits per heavy atom.